The Balaban J connectivity index is 1.39. The maximum atomic E-state index is 12.5. The average Bonchev–Trinajstić information content (AvgIpc) is 3.22. The molecule has 0 spiro atoms. The number of piperidine rings is 1. The van der Waals surface area contributed by atoms with E-state index in [0.29, 0.717) is 6.54 Å². The third-order valence-corrected chi connectivity index (χ3v) is 5.62. The highest BCUT2D eigenvalue weighted by Crippen LogP contribution is 2.30. The van der Waals surface area contributed by atoms with Gasteiger partial charge in [-0.1, -0.05) is 67.1 Å². The van der Waals surface area contributed by atoms with E-state index in [1.165, 1.54) is 32.4 Å². The molecule has 2 heterocycles. The molecule has 0 atom stereocenters. The maximum absolute atomic E-state index is 12.5. The van der Waals surface area contributed by atoms with Crippen molar-refractivity contribution in [2.75, 3.05) is 26.2 Å². The molecule has 0 radical (unpaired) electrons. The molecule has 0 unspecified atom stereocenters. The van der Waals surface area contributed by atoms with E-state index in [1.807, 2.05) is 42.6 Å². The molecule has 1 aliphatic heterocycles. The average molecular weight is 403 g/mol. The van der Waals surface area contributed by atoms with Crippen molar-refractivity contribution in [1.29, 1.82) is 0 Å². The van der Waals surface area contributed by atoms with E-state index in [4.69, 9.17) is 5.10 Å². The number of benzene rings is 2. The van der Waals surface area contributed by atoms with Gasteiger partial charge in [-0.05, 0) is 44.5 Å². The van der Waals surface area contributed by atoms with Crippen molar-refractivity contribution in [1.82, 2.24) is 20.0 Å². The van der Waals surface area contributed by atoms with Crippen molar-refractivity contribution in [3.05, 3.63) is 66.9 Å². The third kappa shape index (κ3) is 5.36. The smallest absolute Gasteiger partial charge is 0.241 e. The lowest BCUT2D eigenvalue weighted by atomic mass is 10.0. The molecule has 3 aromatic rings. The summed E-state index contributed by atoms with van der Waals surface area (Å²) < 4.78 is 1.75. The Labute approximate surface area is 178 Å². The van der Waals surface area contributed by atoms with E-state index in [0.717, 1.165) is 35.3 Å². The molecule has 0 aliphatic carbocycles. The second kappa shape index (κ2) is 10.2. The molecule has 2 aromatic carbocycles. The van der Waals surface area contributed by atoms with Gasteiger partial charge >= 0.3 is 0 Å². The number of aromatic nitrogens is 2. The van der Waals surface area contributed by atoms with Crippen LogP contribution in [0.25, 0.3) is 22.4 Å². The van der Waals surface area contributed by atoms with Crippen LogP contribution < -0.4 is 5.32 Å². The highest BCUT2D eigenvalue weighted by atomic mass is 16.2. The summed E-state index contributed by atoms with van der Waals surface area (Å²) in [6, 6.07) is 20.3. The molecule has 1 saturated heterocycles. The van der Waals surface area contributed by atoms with E-state index in [2.05, 4.69) is 34.5 Å². The van der Waals surface area contributed by atoms with E-state index in [1.54, 1.807) is 4.68 Å². The number of hydrogen-bond donors (Lipinski definition) is 1. The minimum atomic E-state index is 0.00960. The Kier molecular flexibility index (Phi) is 6.93. The summed E-state index contributed by atoms with van der Waals surface area (Å²) in [7, 11) is 0. The molecular weight excluding hydrogens is 372 g/mol. The lowest BCUT2D eigenvalue weighted by Crippen LogP contribution is -2.34. The molecule has 1 fully saturated rings. The fraction of sp³-hybridized carbons (Fsp3) is 0.360. The molecule has 1 aromatic heterocycles. The van der Waals surface area contributed by atoms with Gasteiger partial charge in [-0.3, -0.25) is 9.48 Å². The number of nitrogens with zero attached hydrogens (tertiary/aromatic N) is 3. The standard InChI is InChI=1S/C25H30N4O/c30-24(26-15-10-18-28-16-8-3-9-17-28)20-29-19-23(21-11-4-1-5-12-21)25(27-29)22-13-6-2-7-14-22/h1-2,4-7,11-14,19H,3,8-10,15-18,20H2,(H,26,30). The van der Waals surface area contributed by atoms with Gasteiger partial charge in [0, 0.05) is 23.9 Å². The van der Waals surface area contributed by atoms with Crippen LogP contribution in [-0.2, 0) is 11.3 Å². The van der Waals surface area contributed by atoms with Gasteiger partial charge in [0.05, 0.1) is 0 Å². The predicted molar refractivity (Wildman–Crippen MR) is 121 cm³/mol. The first-order valence-corrected chi connectivity index (χ1v) is 11.0. The minimum absolute atomic E-state index is 0.00960. The van der Waals surface area contributed by atoms with Gasteiger partial charge in [0.15, 0.2) is 0 Å². The monoisotopic (exact) mass is 402 g/mol. The van der Waals surface area contributed by atoms with Crippen LogP contribution in [0.3, 0.4) is 0 Å². The summed E-state index contributed by atoms with van der Waals surface area (Å²) in [4.78, 5) is 15.0. The Morgan fingerprint density at radius 1 is 0.900 bits per heavy atom. The maximum Gasteiger partial charge on any atom is 0.241 e. The Morgan fingerprint density at radius 3 is 2.27 bits per heavy atom. The second-order valence-corrected chi connectivity index (χ2v) is 7.93. The first kappa shape index (κ1) is 20.4. The SMILES string of the molecule is O=C(Cn1cc(-c2ccccc2)c(-c2ccccc2)n1)NCCCN1CCCCC1. The van der Waals surface area contributed by atoms with Crippen LogP contribution in [-0.4, -0.2) is 46.8 Å². The zero-order valence-electron chi connectivity index (χ0n) is 17.5. The van der Waals surface area contributed by atoms with Crippen LogP contribution in [0.2, 0.25) is 0 Å². The van der Waals surface area contributed by atoms with Crippen LogP contribution in [0.5, 0.6) is 0 Å². The van der Waals surface area contributed by atoms with Crippen LogP contribution in [0.4, 0.5) is 0 Å². The molecule has 5 nitrogen and oxygen atoms in total. The van der Waals surface area contributed by atoms with Gasteiger partial charge in [0.1, 0.15) is 12.2 Å². The van der Waals surface area contributed by atoms with E-state index < -0.39 is 0 Å². The highest BCUT2D eigenvalue weighted by Gasteiger charge is 2.15. The summed E-state index contributed by atoms with van der Waals surface area (Å²) in [5.74, 6) is 0.00960. The summed E-state index contributed by atoms with van der Waals surface area (Å²) in [6.45, 7) is 4.42. The van der Waals surface area contributed by atoms with Crippen LogP contribution in [0.15, 0.2) is 66.9 Å². The third-order valence-electron chi connectivity index (χ3n) is 5.62. The largest absolute Gasteiger partial charge is 0.354 e. The molecule has 5 heteroatoms. The summed E-state index contributed by atoms with van der Waals surface area (Å²) >= 11 is 0. The van der Waals surface area contributed by atoms with Gasteiger partial charge in [-0.25, -0.2) is 0 Å². The fourth-order valence-electron chi connectivity index (χ4n) is 4.06. The summed E-state index contributed by atoms with van der Waals surface area (Å²) in [5, 5.41) is 7.80. The predicted octanol–water partition coefficient (Wildman–Crippen LogP) is 4.21. The number of likely N-dealkylation sites (tertiary alicyclic amines) is 1. The summed E-state index contributed by atoms with van der Waals surface area (Å²) in [5.41, 5.74) is 4.10. The quantitative estimate of drug-likeness (QED) is 0.574. The fourth-order valence-corrected chi connectivity index (χ4v) is 4.06. The second-order valence-electron chi connectivity index (χ2n) is 7.93. The molecule has 1 aliphatic rings. The van der Waals surface area contributed by atoms with Crippen molar-refractivity contribution >= 4 is 5.91 Å². The zero-order chi connectivity index (χ0) is 20.6. The van der Waals surface area contributed by atoms with Crippen molar-refractivity contribution in [3.8, 4) is 22.4 Å². The van der Waals surface area contributed by atoms with Crippen molar-refractivity contribution in [2.24, 2.45) is 0 Å². The molecular formula is C25H30N4O. The minimum Gasteiger partial charge on any atom is -0.354 e. The molecule has 1 N–H and O–H groups in total. The first-order valence-electron chi connectivity index (χ1n) is 11.0. The lowest BCUT2D eigenvalue weighted by Gasteiger charge is -2.26. The van der Waals surface area contributed by atoms with E-state index >= 15 is 0 Å². The van der Waals surface area contributed by atoms with Gasteiger partial charge in [-0.15, -0.1) is 0 Å². The van der Waals surface area contributed by atoms with Crippen molar-refractivity contribution < 1.29 is 4.79 Å². The highest BCUT2D eigenvalue weighted by molar-refractivity contribution is 5.81. The summed E-state index contributed by atoms with van der Waals surface area (Å²) in [6.07, 6.45) is 6.94. The number of carbonyl (C=O) groups is 1. The number of carbonyl (C=O) groups excluding carboxylic acids is 1. The topological polar surface area (TPSA) is 50.2 Å². The molecule has 0 bridgehead atoms. The normalized spacial score (nSPS) is 14.5. The zero-order valence-corrected chi connectivity index (χ0v) is 17.5. The molecule has 30 heavy (non-hydrogen) atoms. The number of amides is 1. The van der Waals surface area contributed by atoms with Gasteiger partial charge in [0.25, 0.3) is 0 Å². The molecule has 1 amide bonds. The first-order chi connectivity index (χ1) is 14.8. The number of rotatable bonds is 8. The van der Waals surface area contributed by atoms with Gasteiger partial charge in [-0.2, -0.15) is 5.10 Å². The van der Waals surface area contributed by atoms with Crippen LogP contribution in [0.1, 0.15) is 25.7 Å². The van der Waals surface area contributed by atoms with Crippen LogP contribution in [0, 0.1) is 0 Å². The van der Waals surface area contributed by atoms with Gasteiger partial charge in [0.2, 0.25) is 5.91 Å². The molecule has 0 saturated carbocycles. The Bertz CT molecular complexity index is 873. The van der Waals surface area contributed by atoms with Crippen molar-refractivity contribution in [2.45, 2.75) is 32.2 Å². The molecule has 4 rings (SSSR count). The van der Waals surface area contributed by atoms with E-state index in [9.17, 15) is 4.79 Å². The van der Waals surface area contributed by atoms with Crippen LogP contribution >= 0.6 is 0 Å². The van der Waals surface area contributed by atoms with E-state index in [-0.39, 0.29) is 12.5 Å². The molecule has 156 valence electrons. The Hall–Kier alpha value is -2.92. The van der Waals surface area contributed by atoms with Gasteiger partial charge < -0.3 is 10.2 Å². The number of nitrogens with one attached hydrogen (secondary N) is 1. The van der Waals surface area contributed by atoms with Crippen molar-refractivity contribution in [3.63, 3.8) is 0 Å². The lowest BCUT2D eigenvalue weighted by molar-refractivity contribution is -0.121. The number of hydrogen-bond acceptors (Lipinski definition) is 3. The Morgan fingerprint density at radius 2 is 1.57 bits per heavy atom.